The molecule has 6 heteroatoms. The summed E-state index contributed by atoms with van der Waals surface area (Å²) in [4.78, 5) is 18.9. The number of phenolic OH excluding ortho intramolecular Hbond substituents is 1. The molecule has 3 aromatic rings. The minimum Gasteiger partial charge on any atom is -0.508 e. The lowest BCUT2D eigenvalue weighted by Crippen LogP contribution is -2.25. The average molecular weight is 433 g/mol. The number of nitrogens with one attached hydrogen (secondary N) is 2. The van der Waals surface area contributed by atoms with Crippen molar-refractivity contribution in [2.24, 2.45) is 0 Å². The van der Waals surface area contributed by atoms with Crippen LogP contribution in [0, 0.1) is 0 Å². The van der Waals surface area contributed by atoms with E-state index in [-0.39, 0.29) is 11.7 Å². The van der Waals surface area contributed by atoms with Gasteiger partial charge in [-0.3, -0.25) is 14.7 Å². The molecule has 0 unspecified atom stereocenters. The van der Waals surface area contributed by atoms with Crippen molar-refractivity contribution in [1.29, 1.82) is 0 Å². The first kappa shape index (κ1) is 23.3. The van der Waals surface area contributed by atoms with E-state index >= 15 is 0 Å². The number of carbonyl (C=O) groups is 1. The highest BCUT2D eigenvalue weighted by Crippen LogP contribution is 2.21. The van der Waals surface area contributed by atoms with Crippen LogP contribution < -0.4 is 10.6 Å². The van der Waals surface area contributed by atoms with Gasteiger partial charge in [-0.2, -0.15) is 0 Å². The van der Waals surface area contributed by atoms with Crippen molar-refractivity contribution in [2.75, 3.05) is 18.4 Å². The molecule has 32 heavy (non-hydrogen) atoms. The van der Waals surface area contributed by atoms with Crippen molar-refractivity contribution < 1.29 is 9.90 Å². The van der Waals surface area contributed by atoms with E-state index in [1.54, 1.807) is 30.6 Å². The van der Waals surface area contributed by atoms with Crippen LogP contribution in [0.5, 0.6) is 5.75 Å². The van der Waals surface area contributed by atoms with Gasteiger partial charge in [-0.05, 0) is 74.0 Å². The average Bonchev–Trinajstić information content (AvgIpc) is 2.80. The molecule has 0 saturated heterocycles. The van der Waals surface area contributed by atoms with Crippen LogP contribution in [0.4, 0.5) is 11.4 Å². The molecular formula is C26H32N4O2. The number of hydrogen-bond acceptors (Lipinski definition) is 5. The van der Waals surface area contributed by atoms with Crippen LogP contribution in [0.3, 0.4) is 0 Å². The molecule has 0 aliphatic carbocycles. The summed E-state index contributed by atoms with van der Waals surface area (Å²) in [5.74, 6) is 0.126. The molecule has 0 aliphatic rings. The van der Waals surface area contributed by atoms with Crippen molar-refractivity contribution >= 4 is 17.3 Å². The summed E-state index contributed by atoms with van der Waals surface area (Å²) < 4.78 is 0. The van der Waals surface area contributed by atoms with E-state index in [9.17, 15) is 9.90 Å². The number of nitrogens with zero attached hydrogens (tertiary/aromatic N) is 2. The Morgan fingerprint density at radius 1 is 0.938 bits per heavy atom. The standard InChI is InChI=1S/C26H32N4O2/c1-3-15-30(16-4-2)19-22-6-5-20(17-25(22)31)18-28-26(32)21-7-9-23(10-8-21)29-24-11-13-27-14-12-24/h5-14,17,31H,3-4,15-16,18-19H2,1-2H3,(H,27,29)(H,28,32). The highest BCUT2D eigenvalue weighted by Gasteiger charge is 2.10. The summed E-state index contributed by atoms with van der Waals surface area (Å²) in [5, 5.41) is 16.6. The van der Waals surface area contributed by atoms with Crippen LogP contribution in [0.15, 0.2) is 67.0 Å². The third-order valence-electron chi connectivity index (χ3n) is 5.19. The minimum atomic E-state index is -0.152. The fraction of sp³-hybridized carbons (Fsp3) is 0.308. The van der Waals surface area contributed by atoms with E-state index in [2.05, 4.69) is 34.4 Å². The number of hydrogen-bond donors (Lipinski definition) is 3. The van der Waals surface area contributed by atoms with E-state index < -0.39 is 0 Å². The summed E-state index contributed by atoms with van der Waals surface area (Å²) in [6.07, 6.45) is 5.62. The van der Waals surface area contributed by atoms with E-state index in [4.69, 9.17) is 0 Å². The Balaban J connectivity index is 1.54. The molecule has 3 N–H and O–H groups in total. The van der Waals surface area contributed by atoms with Gasteiger partial charge in [0.2, 0.25) is 0 Å². The molecule has 0 aliphatic heterocycles. The Bertz CT molecular complexity index is 984. The molecule has 0 fully saturated rings. The fourth-order valence-electron chi connectivity index (χ4n) is 3.59. The maximum absolute atomic E-state index is 12.5. The highest BCUT2D eigenvalue weighted by molar-refractivity contribution is 5.94. The van der Waals surface area contributed by atoms with Crippen molar-refractivity contribution in [1.82, 2.24) is 15.2 Å². The number of amides is 1. The molecule has 0 bridgehead atoms. The van der Waals surface area contributed by atoms with Crippen molar-refractivity contribution in [3.8, 4) is 5.75 Å². The number of rotatable bonds is 11. The van der Waals surface area contributed by atoms with Gasteiger partial charge in [0.05, 0.1) is 0 Å². The first-order valence-corrected chi connectivity index (χ1v) is 11.2. The lowest BCUT2D eigenvalue weighted by molar-refractivity contribution is 0.0951. The molecule has 168 valence electrons. The van der Waals surface area contributed by atoms with E-state index in [1.165, 1.54) is 0 Å². The zero-order chi connectivity index (χ0) is 22.8. The molecule has 1 aromatic heterocycles. The summed E-state index contributed by atoms with van der Waals surface area (Å²) in [6, 6.07) is 16.7. The van der Waals surface area contributed by atoms with Gasteiger partial charge < -0.3 is 15.7 Å². The van der Waals surface area contributed by atoms with E-state index in [1.807, 2.05) is 36.4 Å². The van der Waals surface area contributed by atoms with Crippen LogP contribution in [-0.4, -0.2) is 34.0 Å². The van der Waals surface area contributed by atoms with E-state index in [0.717, 1.165) is 55.0 Å². The summed E-state index contributed by atoms with van der Waals surface area (Å²) in [5.41, 5.74) is 4.20. The second kappa shape index (κ2) is 11.9. The third-order valence-corrected chi connectivity index (χ3v) is 5.19. The van der Waals surface area contributed by atoms with Gasteiger partial charge in [0.1, 0.15) is 5.75 Å². The Kier molecular flexibility index (Phi) is 8.63. The maximum atomic E-state index is 12.5. The molecule has 0 spiro atoms. The van der Waals surface area contributed by atoms with Crippen molar-refractivity contribution in [3.05, 3.63) is 83.7 Å². The Hall–Kier alpha value is -3.38. The zero-order valence-corrected chi connectivity index (χ0v) is 18.8. The first-order valence-electron chi connectivity index (χ1n) is 11.2. The third kappa shape index (κ3) is 6.82. The largest absolute Gasteiger partial charge is 0.508 e. The highest BCUT2D eigenvalue weighted by atomic mass is 16.3. The van der Waals surface area contributed by atoms with Crippen molar-refractivity contribution in [2.45, 2.75) is 39.8 Å². The molecule has 6 nitrogen and oxygen atoms in total. The quantitative estimate of drug-likeness (QED) is 0.394. The Labute approximate surface area is 190 Å². The fourth-order valence-corrected chi connectivity index (χ4v) is 3.59. The number of aromatic nitrogens is 1. The zero-order valence-electron chi connectivity index (χ0n) is 18.8. The van der Waals surface area contributed by atoms with Crippen LogP contribution in [-0.2, 0) is 13.1 Å². The maximum Gasteiger partial charge on any atom is 0.251 e. The van der Waals surface area contributed by atoms with Crippen LogP contribution in [0.25, 0.3) is 0 Å². The predicted octanol–water partition coefficient (Wildman–Crippen LogP) is 5.08. The lowest BCUT2D eigenvalue weighted by Gasteiger charge is -2.21. The van der Waals surface area contributed by atoms with E-state index in [0.29, 0.717) is 12.1 Å². The minimum absolute atomic E-state index is 0.152. The molecule has 0 saturated carbocycles. The van der Waals surface area contributed by atoms with Crippen LogP contribution in [0.1, 0.15) is 48.2 Å². The normalized spacial score (nSPS) is 10.8. The number of phenols is 1. The molecule has 3 rings (SSSR count). The number of carbonyl (C=O) groups excluding carboxylic acids is 1. The SMILES string of the molecule is CCCN(CCC)Cc1ccc(CNC(=O)c2ccc(Nc3ccncc3)cc2)cc1O. The van der Waals surface area contributed by atoms with Gasteiger partial charge in [-0.25, -0.2) is 0 Å². The topological polar surface area (TPSA) is 77.5 Å². The van der Waals surface area contributed by atoms with Gasteiger partial charge in [0.25, 0.3) is 5.91 Å². The Morgan fingerprint density at radius 3 is 2.22 bits per heavy atom. The Morgan fingerprint density at radius 2 is 1.59 bits per heavy atom. The second-order valence-electron chi connectivity index (χ2n) is 7.86. The summed E-state index contributed by atoms with van der Waals surface area (Å²) >= 11 is 0. The van der Waals surface area contributed by atoms with Gasteiger partial charge in [-0.1, -0.05) is 26.0 Å². The molecule has 0 radical (unpaired) electrons. The number of pyridine rings is 1. The summed E-state index contributed by atoms with van der Waals surface area (Å²) in [6.45, 7) is 7.46. The van der Waals surface area contributed by atoms with Gasteiger partial charge in [-0.15, -0.1) is 0 Å². The van der Waals surface area contributed by atoms with Gasteiger partial charge in [0, 0.05) is 48.0 Å². The van der Waals surface area contributed by atoms with Gasteiger partial charge >= 0.3 is 0 Å². The monoisotopic (exact) mass is 432 g/mol. The van der Waals surface area contributed by atoms with Crippen molar-refractivity contribution in [3.63, 3.8) is 0 Å². The second-order valence-corrected chi connectivity index (χ2v) is 7.86. The number of anilines is 2. The lowest BCUT2D eigenvalue weighted by atomic mass is 10.1. The van der Waals surface area contributed by atoms with Gasteiger partial charge in [0.15, 0.2) is 0 Å². The van der Waals surface area contributed by atoms with Crippen LogP contribution >= 0.6 is 0 Å². The molecular weight excluding hydrogens is 400 g/mol. The molecule has 1 heterocycles. The smallest absolute Gasteiger partial charge is 0.251 e. The molecule has 1 amide bonds. The molecule has 0 atom stereocenters. The van der Waals surface area contributed by atoms with Crippen LogP contribution in [0.2, 0.25) is 0 Å². The predicted molar refractivity (Wildman–Crippen MR) is 129 cm³/mol. The number of aromatic hydroxyl groups is 1. The molecule has 2 aromatic carbocycles. The summed E-state index contributed by atoms with van der Waals surface area (Å²) in [7, 11) is 0. The number of benzene rings is 2. The first-order chi connectivity index (χ1) is 15.6.